The minimum absolute atomic E-state index is 0.110. The molecule has 3 amide bonds. The molecule has 136 valence electrons. The van der Waals surface area contributed by atoms with Gasteiger partial charge in [0, 0.05) is 11.7 Å². The number of piperidine rings is 2. The third-order valence-electron chi connectivity index (χ3n) is 6.33. The third kappa shape index (κ3) is 2.34. The van der Waals surface area contributed by atoms with E-state index >= 15 is 0 Å². The second-order valence-electron chi connectivity index (χ2n) is 8.32. The summed E-state index contributed by atoms with van der Waals surface area (Å²) in [5, 5.41) is 7.39. The van der Waals surface area contributed by atoms with Crippen molar-refractivity contribution in [2.45, 2.75) is 43.8 Å². The molecule has 3 aliphatic heterocycles. The average Bonchev–Trinajstić information content (AvgIpc) is 2.77. The van der Waals surface area contributed by atoms with Crippen LogP contribution >= 0.6 is 0 Å². The lowest BCUT2D eigenvalue weighted by Gasteiger charge is -2.58. The van der Waals surface area contributed by atoms with E-state index in [1.165, 1.54) is 19.3 Å². The number of imide groups is 1. The first kappa shape index (κ1) is 15.8. The Balaban J connectivity index is 1.41. The molecule has 3 heterocycles. The molecule has 0 radical (unpaired) electrons. The van der Waals surface area contributed by atoms with Crippen LogP contribution in [0.5, 0.6) is 0 Å². The molecule has 7 heteroatoms. The van der Waals surface area contributed by atoms with Crippen molar-refractivity contribution in [3.8, 4) is 0 Å². The second kappa shape index (κ2) is 5.30. The first-order chi connectivity index (χ1) is 12.4. The van der Waals surface area contributed by atoms with E-state index in [2.05, 4.69) is 10.6 Å². The molecule has 4 bridgehead atoms. The van der Waals surface area contributed by atoms with Gasteiger partial charge in [0.15, 0.2) is 0 Å². The Morgan fingerprint density at radius 1 is 1.15 bits per heavy atom. The topological polar surface area (TPSA) is 105 Å². The van der Waals surface area contributed by atoms with Crippen molar-refractivity contribution in [1.29, 1.82) is 0 Å². The first-order valence-electron chi connectivity index (χ1n) is 9.27. The molecule has 1 aromatic carbocycles. The van der Waals surface area contributed by atoms with E-state index in [4.69, 9.17) is 5.73 Å². The van der Waals surface area contributed by atoms with Crippen LogP contribution in [0.4, 0.5) is 5.69 Å². The maximum atomic E-state index is 12.5. The Hall–Kier alpha value is -2.41. The van der Waals surface area contributed by atoms with Crippen molar-refractivity contribution in [1.82, 2.24) is 10.2 Å². The smallest absolute Gasteiger partial charge is 0.262 e. The fraction of sp³-hybridized carbons (Fsp3) is 0.526. The lowest BCUT2D eigenvalue weighted by molar-refractivity contribution is -0.118. The van der Waals surface area contributed by atoms with Gasteiger partial charge in [0.25, 0.3) is 11.8 Å². The Morgan fingerprint density at radius 2 is 1.85 bits per heavy atom. The van der Waals surface area contributed by atoms with Gasteiger partial charge in [-0.15, -0.1) is 0 Å². The average molecular weight is 354 g/mol. The van der Waals surface area contributed by atoms with Crippen LogP contribution in [0.25, 0.3) is 0 Å². The number of fused-ring (bicyclic) bond motifs is 1. The summed E-state index contributed by atoms with van der Waals surface area (Å²) >= 11 is 0. The van der Waals surface area contributed by atoms with Crippen LogP contribution in [-0.2, 0) is 4.79 Å². The van der Waals surface area contributed by atoms with Gasteiger partial charge in [-0.05, 0) is 62.1 Å². The number of anilines is 1. The zero-order valence-electron chi connectivity index (χ0n) is 14.5. The van der Waals surface area contributed by atoms with E-state index in [0.717, 1.165) is 35.3 Å². The van der Waals surface area contributed by atoms with Gasteiger partial charge in [-0.3, -0.25) is 24.6 Å². The van der Waals surface area contributed by atoms with E-state index in [1.54, 1.807) is 12.1 Å². The molecule has 0 spiro atoms. The highest BCUT2D eigenvalue weighted by molar-refractivity contribution is 6.22. The Kier molecular flexibility index (Phi) is 3.22. The van der Waals surface area contributed by atoms with Crippen molar-refractivity contribution in [2.24, 2.45) is 17.6 Å². The van der Waals surface area contributed by atoms with Gasteiger partial charge in [0.2, 0.25) is 5.91 Å². The van der Waals surface area contributed by atoms with Crippen molar-refractivity contribution >= 4 is 23.4 Å². The molecule has 2 aliphatic carbocycles. The molecule has 4 fully saturated rings. The predicted molar refractivity (Wildman–Crippen MR) is 94.3 cm³/mol. The van der Waals surface area contributed by atoms with Crippen LogP contribution in [0.15, 0.2) is 18.2 Å². The van der Waals surface area contributed by atoms with Crippen molar-refractivity contribution in [3.05, 3.63) is 29.3 Å². The fourth-order valence-electron chi connectivity index (χ4n) is 5.68. The van der Waals surface area contributed by atoms with Crippen molar-refractivity contribution < 1.29 is 14.4 Å². The molecular formula is C19H22N4O3. The molecule has 2 atom stereocenters. The molecule has 26 heavy (non-hydrogen) atoms. The normalized spacial score (nSPS) is 34.3. The van der Waals surface area contributed by atoms with Gasteiger partial charge in [-0.2, -0.15) is 0 Å². The number of nitrogens with zero attached hydrogens (tertiary/aromatic N) is 1. The number of carbonyl (C=O) groups is 3. The maximum absolute atomic E-state index is 12.5. The SMILES string of the molecule is NC(=O)CN1C(=O)c2ccc(NC34CC5CC(CC(C5)N3)C4)cc2C1=O. The van der Waals surface area contributed by atoms with Crippen LogP contribution in [0.1, 0.15) is 52.8 Å². The van der Waals surface area contributed by atoms with Gasteiger partial charge in [0.05, 0.1) is 16.8 Å². The zero-order chi connectivity index (χ0) is 18.1. The van der Waals surface area contributed by atoms with E-state index < -0.39 is 17.7 Å². The summed E-state index contributed by atoms with van der Waals surface area (Å²) in [6.45, 7) is -0.383. The molecule has 0 aromatic heterocycles. The number of carbonyl (C=O) groups excluding carboxylic acids is 3. The number of benzene rings is 1. The summed E-state index contributed by atoms with van der Waals surface area (Å²) in [6, 6.07) is 5.83. The maximum Gasteiger partial charge on any atom is 0.262 e. The summed E-state index contributed by atoms with van der Waals surface area (Å²) in [7, 11) is 0. The van der Waals surface area contributed by atoms with Gasteiger partial charge >= 0.3 is 0 Å². The van der Waals surface area contributed by atoms with E-state index in [1.807, 2.05) is 6.07 Å². The number of nitrogens with two attached hydrogens (primary N) is 1. The second-order valence-corrected chi connectivity index (χ2v) is 8.32. The first-order valence-corrected chi connectivity index (χ1v) is 9.27. The predicted octanol–water partition coefficient (Wildman–Crippen LogP) is 1.06. The highest BCUT2D eigenvalue weighted by Gasteiger charge is 2.50. The molecule has 6 rings (SSSR count). The summed E-state index contributed by atoms with van der Waals surface area (Å²) in [6.07, 6.45) is 6.05. The molecule has 2 saturated heterocycles. The monoisotopic (exact) mass is 354 g/mol. The van der Waals surface area contributed by atoms with Crippen LogP contribution in [0.2, 0.25) is 0 Å². The summed E-state index contributed by atoms with van der Waals surface area (Å²) < 4.78 is 0. The van der Waals surface area contributed by atoms with Crippen LogP contribution in [0, 0.1) is 11.8 Å². The number of nitrogens with one attached hydrogen (secondary N) is 2. The quantitative estimate of drug-likeness (QED) is 0.701. The number of amides is 3. The van der Waals surface area contributed by atoms with E-state index in [-0.39, 0.29) is 12.2 Å². The van der Waals surface area contributed by atoms with Gasteiger partial charge < -0.3 is 11.1 Å². The molecule has 2 unspecified atom stereocenters. The van der Waals surface area contributed by atoms with Gasteiger partial charge in [0.1, 0.15) is 6.54 Å². The molecular weight excluding hydrogens is 332 g/mol. The highest BCUT2D eigenvalue weighted by Crippen LogP contribution is 2.49. The summed E-state index contributed by atoms with van der Waals surface area (Å²) in [5.74, 6) is -0.0697. The third-order valence-corrected chi connectivity index (χ3v) is 6.33. The molecule has 7 nitrogen and oxygen atoms in total. The summed E-state index contributed by atoms with van der Waals surface area (Å²) in [5.41, 5.74) is 6.55. The van der Waals surface area contributed by atoms with Crippen LogP contribution < -0.4 is 16.4 Å². The summed E-state index contributed by atoms with van der Waals surface area (Å²) in [4.78, 5) is 36.9. The largest absolute Gasteiger partial charge is 0.368 e. The number of primary amides is 1. The number of rotatable bonds is 4. The van der Waals surface area contributed by atoms with Gasteiger partial charge in [-0.1, -0.05) is 0 Å². The molecule has 2 saturated carbocycles. The van der Waals surface area contributed by atoms with Crippen molar-refractivity contribution in [2.75, 3.05) is 11.9 Å². The lowest BCUT2D eigenvalue weighted by atomic mass is 9.62. The Labute approximate surface area is 151 Å². The Bertz CT molecular complexity index is 799. The van der Waals surface area contributed by atoms with Crippen LogP contribution in [-0.4, -0.2) is 40.9 Å². The number of hydrogen-bond donors (Lipinski definition) is 3. The Morgan fingerprint density at radius 3 is 2.50 bits per heavy atom. The minimum atomic E-state index is -0.698. The minimum Gasteiger partial charge on any atom is -0.368 e. The van der Waals surface area contributed by atoms with Crippen LogP contribution in [0.3, 0.4) is 0 Å². The van der Waals surface area contributed by atoms with Crippen molar-refractivity contribution in [3.63, 3.8) is 0 Å². The molecule has 4 N–H and O–H groups in total. The number of hydrogen-bond acceptors (Lipinski definition) is 5. The fourth-order valence-corrected chi connectivity index (χ4v) is 5.68. The highest BCUT2D eigenvalue weighted by atomic mass is 16.2. The zero-order valence-corrected chi connectivity index (χ0v) is 14.5. The van der Waals surface area contributed by atoms with E-state index in [9.17, 15) is 14.4 Å². The van der Waals surface area contributed by atoms with E-state index in [0.29, 0.717) is 17.2 Å². The van der Waals surface area contributed by atoms with Gasteiger partial charge in [-0.25, -0.2) is 0 Å². The lowest BCUT2D eigenvalue weighted by Crippen LogP contribution is -2.67. The molecule has 5 aliphatic rings. The molecule has 1 aromatic rings. The standard InChI is InChI=1S/C19H22N4O3/c20-16(24)9-23-17(25)14-2-1-12(6-15(14)18(23)26)21-19-7-10-3-11(8-19)5-13(4-10)22-19/h1-2,6,10-11,13,21-22H,3-5,7-9H2,(H2,20,24).